The molecule has 0 heterocycles. The van der Waals surface area contributed by atoms with Gasteiger partial charge >= 0.3 is 0 Å². The molecule has 0 radical (unpaired) electrons. The van der Waals surface area contributed by atoms with Gasteiger partial charge in [0.2, 0.25) is 0 Å². The highest BCUT2D eigenvalue weighted by Gasteiger charge is 2.16. The molecule has 1 aromatic rings. The van der Waals surface area contributed by atoms with E-state index in [9.17, 15) is 4.39 Å². The minimum atomic E-state index is -0.472. The van der Waals surface area contributed by atoms with Gasteiger partial charge in [-0.15, -0.1) is 0 Å². The second kappa shape index (κ2) is 5.50. The Morgan fingerprint density at radius 3 is 2.65 bits per heavy atom. The number of halogens is 2. The number of nitrogens with zero attached hydrogens (tertiary/aromatic N) is 1. The summed E-state index contributed by atoms with van der Waals surface area (Å²) in [6, 6.07) is 5.39. The summed E-state index contributed by atoms with van der Waals surface area (Å²) in [5.41, 5.74) is 0.713. The van der Waals surface area contributed by atoms with Crippen molar-refractivity contribution in [2.75, 3.05) is 5.32 Å². The summed E-state index contributed by atoms with van der Waals surface area (Å²) >= 11 is 3.25. The van der Waals surface area contributed by atoms with Crippen molar-refractivity contribution in [3.05, 3.63) is 28.0 Å². The number of anilines is 1. The van der Waals surface area contributed by atoms with Crippen LogP contribution in [0.4, 0.5) is 10.1 Å². The van der Waals surface area contributed by atoms with Crippen LogP contribution in [0.5, 0.6) is 0 Å². The molecule has 2 rings (SSSR count). The van der Waals surface area contributed by atoms with Crippen LogP contribution in [0.2, 0.25) is 0 Å². The summed E-state index contributed by atoms with van der Waals surface area (Å²) in [6.07, 6.45) is 5.88. The molecule has 17 heavy (non-hydrogen) atoms. The summed E-state index contributed by atoms with van der Waals surface area (Å²) in [5.74, 6) is -0.472. The van der Waals surface area contributed by atoms with Gasteiger partial charge in [0, 0.05) is 10.5 Å². The third-order valence-corrected chi connectivity index (χ3v) is 3.59. The van der Waals surface area contributed by atoms with Crippen LogP contribution in [0.3, 0.4) is 0 Å². The first kappa shape index (κ1) is 12.4. The predicted octanol–water partition coefficient (Wildman–Crippen LogP) is 4.20. The van der Waals surface area contributed by atoms with Crippen LogP contribution in [0.15, 0.2) is 16.6 Å². The van der Waals surface area contributed by atoms with Crippen LogP contribution in [-0.4, -0.2) is 6.04 Å². The standard InChI is InChI=1S/C13H14BrFN2/c14-9-6-12(15)11(8-16)13(7-9)17-10-4-2-1-3-5-10/h6-7,10,17H,1-5H2. The maximum absolute atomic E-state index is 13.6. The topological polar surface area (TPSA) is 35.8 Å². The highest BCUT2D eigenvalue weighted by atomic mass is 79.9. The lowest BCUT2D eigenvalue weighted by molar-refractivity contribution is 0.462. The quantitative estimate of drug-likeness (QED) is 0.887. The number of nitriles is 1. The van der Waals surface area contributed by atoms with E-state index in [0.29, 0.717) is 16.2 Å². The zero-order chi connectivity index (χ0) is 12.3. The molecule has 1 saturated carbocycles. The first-order valence-corrected chi connectivity index (χ1v) is 6.65. The highest BCUT2D eigenvalue weighted by Crippen LogP contribution is 2.27. The van der Waals surface area contributed by atoms with Crippen molar-refractivity contribution in [3.8, 4) is 6.07 Å². The van der Waals surface area contributed by atoms with Gasteiger partial charge in [0.05, 0.1) is 5.69 Å². The lowest BCUT2D eigenvalue weighted by Gasteiger charge is -2.24. The minimum absolute atomic E-state index is 0.110. The predicted molar refractivity (Wildman–Crippen MR) is 69.3 cm³/mol. The minimum Gasteiger partial charge on any atom is -0.381 e. The van der Waals surface area contributed by atoms with Crippen molar-refractivity contribution in [1.82, 2.24) is 0 Å². The zero-order valence-electron chi connectivity index (χ0n) is 9.47. The lowest BCUT2D eigenvalue weighted by atomic mass is 9.95. The molecule has 0 aliphatic heterocycles. The van der Waals surface area contributed by atoms with Crippen LogP contribution in [0, 0.1) is 17.1 Å². The van der Waals surface area contributed by atoms with E-state index in [-0.39, 0.29) is 5.56 Å². The highest BCUT2D eigenvalue weighted by molar-refractivity contribution is 9.10. The smallest absolute Gasteiger partial charge is 0.144 e. The molecule has 90 valence electrons. The Balaban J connectivity index is 2.22. The molecule has 0 bridgehead atoms. The van der Waals surface area contributed by atoms with Gasteiger partial charge in [-0.05, 0) is 25.0 Å². The Morgan fingerprint density at radius 2 is 2.00 bits per heavy atom. The van der Waals surface area contributed by atoms with Crippen molar-refractivity contribution in [2.24, 2.45) is 0 Å². The molecule has 1 aromatic carbocycles. The van der Waals surface area contributed by atoms with Gasteiger partial charge in [-0.3, -0.25) is 0 Å². The molecule has 4 heteroatoms. The normalized spacial score (nSPS) is 16.5. The molecule has 1 N–H and O–H groups in total. The van der Waals surface area contributed by atoms with Crippen LogP contribution < -0.4 is 5.32 Å². The van der Waals surface area contributed by atoms with E-state index in [4.69, 9.17) is 5.26 Å². The fourth-order valence-electron chi connectivity index (χ4n) is 2.27. The van der Waals surface area contributed by atoms with Gasteiger partial charge in [-0.2, -0.15) is 5.26 Å². The fraction of sp³-hybridized carbons (Fsp3) is 0.462. The molecular formula is C13H14BrFN2. The van der Waals surface area contributed by atoms with Crippen molar-refractivity contribution in [1.29, 1.82) is 5.26 Å². The molecule has 0 spiro atoms. The zero-order valence-corrected chi connectivity index (χ0v) is 11.1. The molecule has 0 atom stereocenters. The number of rotatable bonds is 2. The van der Waals surface area contributed by atoms with Gasteiger partial charge in [-0.1, -0.05) is 35.2 Å². The monoisotopic (exact) mass is 296 g/mol. The second-order valence-electron chi connectivity index (χ2n) is 4.40. The average molecular weight is 297 g/mol. The van der Waals surface area contributed by atoms with Crippen molar-refractivity contribution in [2.45, 2.75) is 38.1 Å². The summed E-state index contributed by atoms with van der Waals surface area (Å²) in [5, 5.41) is 12.3. The molecule has 0 unspecified atom stereocenters. The largest absolute Gasteiger partial charge is 0.381 e. The number of benzene rings is 1. The van der Waals surface area contributed by atoms with Gasteiger partial charge in [0.1, 0.15) is 17.4 Å². The fourth-order valence-corrected chi connectivity index (χ4v) is 2.70. The van der Waals surface area contributed by atoms with Gasteiger partial charge in [0.25, 0.3) is 0 Å². The van der Waals surface area contributed by atoms with E-state index in [1.165, 1.54) is 25.3 Å². The third kappa shape index (κ3) is 2.98. The maximum Gasteiger partial charge on any atom is 0.144 e. The van der Waals surface area contributed by atoms with E-state index < -0.39 is 5.82 Å². The van der Waals surface area contributed by atoms with Crippen molar-refractivity contribution < 1.29 is 4.39 Å². The van der Waals surface area contributed by atoms with Crippen LogP contribution >= 0.6 is 15.9 Å². The van der Waals surface area contributed by atoms with E-state index in [0.717, 1.165) is 12.8 Å². The third-order valence-electron chi connectivity index (χ3n) is 3.13. The van der Waals surface area contributed by atoms with Gasteiger partial charge in [0.15, 0.2) is 0 Å². The van der Waals surface area contributed by atoms with Gasteiger partial charge < -0.3 is 5.32 Å². The Labute approximate surface area is 109 Å². The Hall–Kier alpha value is -1.08. The summed E-state index contributed by atoms with van der Waals surface area (Å²) in [4.78, 5) is 0. The van der Waals surface area contributed by atoms with E-state index in [1.807, 2.05) is 6.07 Å². The van der Waals surface area contributed by atoms with Crippen LogP contribution in [0.25, 0.3) is 0 Å². The molecule has 2 nitrogen and oxygen atoms in total. The van der Waals surface area contributed by atoms with Crippen molar-refractivity contribution in [3.63, 3.8) is 0 Å². The van der Waals surface area contributed by atoms with Crippen molar-refractivity contribution >= 4 is 21.6 Å². The lowest BCUT2D eigenvalue weighted by Crippen LogP contribution is -2.22. The Kier molecular flexibility index (Phi) is 4.01. The van der Waals surface area contributed by atoms with Gasteiger partial charge in [-0.25, -0.2) is 4.39 Å². The Bertz CT molecular complexity index is 447. The molecule has 0 amide bonds. The number of nitrogens with one attached hydrogen (secondary N) is 1. The summed E-state index contributed by atoms with van der Waals surface area (Å²) in [7, 11) is 0. The number of hydrogen-bond donors (Lipinski definition) is 1. The molecule has 1 fully saturated rings. The average Bonchev–Trinajstić information content (AvgIpc) is 2.30. The Morgan fingerprint density at radius 1 is 1.29 bits per heavy atom. The summed E-state index contributed by atoms with van der Waals surface area (Å²) in [6.45, 7) is 0. The molecule has 0 saturated heterocycles. The first-order valence-electron chi connectivity index (χ1n) is 5.86. The summed E-state index contributed by atoms with van der Waals surface area (Å²) < 4.78 is 14.2. The molecular weight excluding hydrogens is 283 g/mol. The molecule has 1 aliphatic carbocycles. The van der Waals surface area contributed by atoms with Crippen LogP contribution in [-0.2, 0) is 0 Å². The number of hydrogen-bond acceptors (Lipinski definition) is 2. The molecule has 1 aliphatic rings. The van der Waals surface area contributed by atoms with E-state index >= 15 is 0 Å². The SMILES string of the molecule is N#Cc1c(F)cc(Br)cc1NC1CCCCC1. The van der Waals surface area contributed by atoms with E-state index in [2.05, 4.69) is 21.2 Å². The van der Waals surface area contributed by atoms with Crippen LogP contribution in [0.1, 0.15) is 37.7 Å². The molecule has 0 aromatic heterocycles. The first-order chi connectivity index (χ1) is 8.20. The van der Waals surface area contributed by atoms with E-state index in [1.54, 1.807) is 6.07 Å². The second-order valence-corrected chi connectivity index (χ2v) is 5.32. The maximum atomic E-state index is 13.6.